The SMILES string of the molecule is COc1cccc(C(CCc2ccc(C(F)(F)F)cc2)NS(=O)C(C)(C)C)n1. The first-order valence-corrected chi connectivity index (χ1v) is 10.0. The van der Waals surface area contributed by atoms with Crippen molar-refractivity contribution in [3.63, 3.8) is 0 Å². The molecule has 0 saturated heterocycles. The monoisotopic (exact) mass is 414 g/mol. The van der Waals surface area contributed by atoms with Crippen LogP contribution in [-0.2, 0) is 23.6 Å². The van der Waals surface area contributed by atoms with E-state index in [1.54, 1.807) is 12.1 Å². The van der Waals surface area contributed by atoms with E-state index in [4.69, 9.17) is 4.74 Å². The molecule has 0 radical (unpaired) electrons. The van der Waals surface area contributed by atoms with Crippen molar-refractivity contribution >= 4 is 11.0 Å². The topological polar surface area (TPSA) is 51.2 Å². The van der Waals surface area contributed by atoms with Crippen LogP contribution in [0.1, 0.15) is 50.1 Å². The molecule has 28 heavy (non-hydrogen) atoms. The van der Waals surface area contributed by atoms with Gasteiger partial charge in [-0.25, -0.2) is 13.9 Å². The summed E-state index contributed by atoms with van der Waals surface area (Å²) >= 11 is 0. The van der Waals surface area contributed by atoms with Gasteiger partial charge in [0.05, 0.1) is 40.1 Å². The number of nitrogens with one attached hydrogen (secondary N) is 1. The molecule has 1 aromatic carbocycles. The summed E-state index contributed by atoms with van der Waals surface area (Å²) in [5.74, 6) is 0.445. The van der Waals surface area contributed by atoms with Gasteiger partial charge in [-0.05, 0) is 57.4 Å². The average Bonchev–Trinajstić information content (AvgIpc) is 2.63. The molecule has 0 amide bonds. The molecule has 2 rings (SSSR count). The third-order valence-electron chi connectivity index (χ3n) is 4.12. The Morgan fingerprint density at radius 1 is 1.11 bits per heavy atom. The smallest absolute Gasteiger partial charge is 0.416 e. The summed E-state index contributed by atoms with van der Waals surface area (Å²) in [6, 6.07) is 10.1. The molecule has 0 fully saturated rings. The second-order valence-electron chi connectivity index (χ2n) is 7.39. The van der Waals surface area contributed by atoms with Crippen LogP contribution in [0.3, 0.4) is 0 Å². The Balaban J connectivity index is 2.18. The molecule has 2 aromatic rings. The van der Waals surface area contributed by atoms with Crippen molar-refractivity contribution in [3.05, 3.63) is 59.3 Å². The molecule has 2 atom stereocenters. The Morgan fingerprint density at radius 2 is 1.75 bits per heavy atom. The highest BCUT2D eigenvalue weighted by molar-refractivity contribution is 7.84. The van der Waals surface area contributed by atoms with Crippen LogP contribution in [0.5, 0.6) is 5.88 Å². The summed E-state index contributed by atoms with van der Waals surface area (Å²) in [6.45, 7) is 5.59. The number of hydrogen-bond acceptors (Lipinski definition) is 3. The van der Waals surface area contributed by atoms with Gasteiger partial charge in [0, 0.05) is 6.07 Å². The average molecular weight is 414 g/mol. The third kappa shape index (κ3) is 6.31. The molecule has 1 N–H and O–H groups in total. The molecule has 0 bridgehead atoms. The van der Waals surface area contributed by atoms with Crippen LogP contribution in [0.15, 0.2) is 42.5 Å². The lowest BCUT2D eigenvalue weighted by molar-refractivity contribution is -0.137. The first-order chi connectivity index (χ1) is 13.0. The first-order valence-electron chi connectivity index (χ1n) is 8.86. The van der Waals surface area contributed by atoms with Crippen LogP contribution in [-0.4, -0.2) is 21.0 Å². The number of pyridine rings is 1. The van der Waals surface area contributed by atoms with Gasteiger partial charge in [0.15, 0.2) is 0 Å². The lowest BCUT2D eigenvalue weighted by atomic mass is 10.0. The molecule has 0 aliphatic rings. The maximum Gasteiger partial charge on any atom is 0.416 e. The van der Waals surface area contributed by atoms with E-state index in [2.05, 4.69) is 9.71 Å². The quantitative estimate of drug-likeness (QED) is 0.706. The Bertz CT molecular complexity index is 802. The molecule has 1 aromatic heterocycles. The molecule has 0 spiro atoms. The van der Waals surface area contributed by atoms with Crippen LogP contribution < -0.4 is 9.46 Å². The highest BCUT2D eigenvalue weighted by atomic mass is 32.2. The number of nitrogens with zero attached hydrogens (tertiary/aromatic N) is 1. The summed E-state index contributed by atoms with van der Waals surface area (Å²) in [4.78, 5) is 4.42. The van der Waals surface area contributed by atoms with Gasteiger partial charge < -0.3 is 4.74 Å². The van der Waals surface area contributed by atoms with E-state index in [9.17, 15) is 17.4 Å². The van der Waals surface area contributed by atoms with Gasteiger partial charge in [0.1, 0.15) is 0 Å². The molecular weight excluding hydrogens is 389 g/mol. The number of benzene rings is 1. The zero-order valence-electron chi connectivity index (χ0n) is 16.3. The number of aryl methyl sites for hydroxylation is 1. The van der Waals surface area contributed by atoms with E-state index >= 15 is 0 Å². The van der Waals surface area contributed by atoms with Crippen LogP contribution >= 0.6 is 0 Å². The highest BCUT2D eigenvalue weighted by Gasteiger charge is 2.30. The number of ether oxygens (including phenoxy) is 1. The van der Waals surface area contributed by atoms with Crippen LogP contribution in [0, 0.1) is 0 Å². The third-order valence-corrected chi connectivity index (χ3v) is 5.73. The molecule has 8 heteroatoms. The van der Waals surface area contributed by atoms with E-state index in [0.29, 0.717) is 24.4 Å². The molecule has 1 heterocycles. The standard InChI is InChI=1S/C20H25F3N2O2S/c1-19(2,3)28(26)25-17(16-6-5-7-18(24-16)27-4)13-10-14-8-11-15(12-9-14)20(21,22)23/h5-9,11-12,17,25H,10,13H2,1-4H3. The van der Waals surface area contributed by atoms with Gasteiger partial charge >= 0.3 is 6.18 Å². The fraction of sp³-hybridized carbons (Fsp3) is 0.450. The minimum absolute atomic E-state index is 0.336. The van der Waals surface area contributed by atoms with E-state index in [0.717, 1.165) is 17.7 Å². The fourth-order valence-corrected chi connectivity index (χ4v) is 3.33. The lowest BCUT2D eigenvalue weighted by Gasteiger charge is -2.24. The van der Waals surface area contributed by atoms with Gasteiger partial charge in [-0.3, -0.25) is 0 Å². The predicted octanol–water partition coefficient (Wildman–Crippen LogP) is 4.83. The number of methoxy groups -OCH3 is 1. The van der Waals surface area contributed by atoms with Crippen molar-refractivity contribution in [1.29, 1.82) is 0 Å². The van der Waals surface area contributed by atoms with Gasteiger partial charge in [0.2, 0.25) is 5.88 Å². The van der Waals surface area contributed by atoms with E-state index < -0.39 is 27.5 Å². The van der Waals surface area contributed by atoms with Gasteiger partial charge in [-0.15, -0.1) is 0 Å². The minimum atomic E-state index is -4.35. The highest BCUT2D eigenvalue weighted by Crippen LogP contribution is 2.29. The first kappa shape index (κ1) is 22.4. The van der Waals surface area contributed by atoms with Crippen molar-refractivity contribution < 1.29 is 22.1 Å². The van der Waals surface area contributed by atoms with Crippen molar-refractivity contribution in [2.75, 3.05) is 7.11 Å². The van der Waals surface area contributed by atoms with Crippen LogP contribution in [0.2, 0.25) is 0 Å². The molecule has 4 nitrogen and oxygen atoms in total. The van der Waals surface area contributed by atoms with Crippen molar-refractivity contribution in [3.8, 4) is 5.88 Å². The molecule has 0 saturated carbocycles. The summed E-state index contributed by atoms with van der Waals surface area (Å²) in [5.41, 5.74) is 0.766. The van der Waals surface area contributed by atoms with E-state index in [1.165, 1.54) is 19.2 Å². The molecule has 2 unspecified atom stereocenters. The number of halogens is 3. The minimum Gasteiger partial charge on any atom is -0.481 e. The summed E-state index contributed by atoms with van der Waals surface area (Å²) in [7, 11) is 0.189. The van der Waals surface area contributed by atoms with Crippen molar-refractivity contribution in [2.24, 2.45) is 0 Å². The summed E-state index contributed by atoms with van der Waals surface area (Å²) in [5, 5.41) is 0. The van der Waals surface area contributed by atoms with Crippen LogP contribution in [0.25, 0.3) is 0 Å². The van der Waals surface area contributed by atoms with Gasteiger partial charge in [-0.1, -0.05) is 18.2 Å². The second kappa shape index (κ2) is 9.05. The van der Waals surface area contributed by atoms with Crippen LogP contribution in [0.4, 0.5) is 13.2 Å². The Hall–Kier alpha value is -1.93. The summed E-state index contributed by atoms with van der Waals surface area (Å²) in [6.07, 6.45) is -3.32. The lowest BCUT2D eigenvalue weighted by Crippen LogP contribution is -2.36. The Labute approximate surface area is 166 Å². The number of alkyl halides is 3. The molecule has 154 valence electrons. The largest absolute Gasteiger partial charge is 0.481 e. The summed E-state index contributed by atoms with van der Waals surface area (Å²) < 4.78 is 58.5. The Morgan fingerprint density at radius 3 is 2.29 bits per heavy atom. The number of hydrogen-bond donors (Lipinski definition) is 1. The van der Waals surface area contributed by atoms with Gasteiger partial charge in [-0.2, -0.15) is 13.2 Å². The van der Waals surface area contributed by atoms with E-state index in [1.807, 2.05) is 26.8 Å². The molecular formula is C20H25F3N2O2S. The predicted molar refractivity (Wildman–Crippen MR) is 104 cm³/mol. The number of rotatable bonds is 7. The fourth-order valence-electron chi connectivity index (χ4n) is 2.48. The zero-order chi connectivity index (χ0) is 20.9. The van der Waals surface area contributed by atoms with Crippen molar-refractivity contribution in [2.45, 2.75) is 50.6 Å². The van der Waals surface area contributed by atoms with Crippen molar-refractivity contribution in [1.82, 2.24) is 9.71 Å². The number of aromatic nitrogens is 1. The Kier molecular flexibility index (Phi) is 7.22. The van der Waals surface area contributed by atoms with E-state index in [-0.39, 0.29) is 6.04 Å². The second-order valence-corrected chi connectivity index (χ2v) is 9.39. The van der Waals surface area contributed by atoms with Gasteiger partial charge in [0.25, 0.3) is 0 Å². The molecule has 0 aliphatic carbocycles. The normalized spacial score (nSPS) is 14.5. The zero-order valence-corrected chi connectivity index (χ0v) is 17.2. The maximum atomic E-state index is 12.7. The maximum absolute atomic E-state index is 12.7. The molecule has 0 aliphatic heterocycles.